The van der Waals surface area contributed by atoms with Crippen molar-refractivity contribution in [2.75, 3.05) is 0 Å². The first-order chi connectivity index (χ1) is 19.3. The highest BCUT2D eigenvalue weighted by molar-refractivity contribution is 7.26. The summed E-state index contributed by atoms with van der Waals surface area (Å²) in [7, 11) is 0. The van der Waals surface area contributed by atoms with Crippen molar-refractivity contribution in [2.24, 2.45) is 0 Å². The molecule has 0 N–H and O–H groups in total. The van der Waals surface area contributed by atoms with Crippen LogP contribution in [-0.4, -0.2) is 9.97 Å². The van der Waals surface area contributed by atoms with Crippen LogP contribution in [0.15, 0.2) is 134 Å². The van der Waals surface area contributed by atoms with Crippen LogP contribution >= 0.6 is 11.3 Å². The van der Waals surface area contributed by atoms with Crippen LogP contribution in [0, 0.1) is 0 Å². The molecule has 0 saturated carbocycles. The Morgan fingerprint density at radius 3 is 2.13 bits per heavy atom. The van der Waals surface area contributed by atoms with Crippen molar-refractivity contribution >= 4 is 53.2 Å². The first kappa shape index (κ1) is 22.2. The van der Waals surface area contributed by atoms with Crippen LogP contribution in [0.5, 0.6) is 0 Å². The number of aromatic nitrogens is 2. The van der Waals surface area contributed by atoms with E-state index in [9.17, 15) is 0 Å². The van der Waals surface area contributed by atoms with E-state index >= 15 is 0 Å². The lowest BCUT2D eigenvalue weighted by Gasteiger charge is -2.11. The molecule has 0 bridgehead atoms. The maximum absolute atomic E-state index is 4.79. The average Bonchev–Trinajstić information content (AvgIpc) is 3.39. The largest absolute Gasteiger partial charge is 0.236 e. The highest BCUT2D eigenvalue weighted by Crippen LogP contribution is 2.41. The van der Waals surface area contributed by atoms with E-state index in [1.165, 1.54) is 42.1 Å². The number of thiophene rings is 1. The summed E-state index contributed by atoms with van der Waals surface area (Å²) in [6.07, 6.45) is 1.70. The number of benzene rings is 6. The van der Waals surface area contributed by atoms with Crippen molar-refractivity contribution in [2.45, 2.75) is 0 Å². The minimum Gasteiger partial charge on any atom is -0.236 e. The van der Waals surface area contributed by atoms with Crippen molar-refractivity contribution in [1.82, 2.24) is 9.97 Å². The molecule has 6 aromatic carbocycles. The monoisotopic (exact) mass is 514 g/mol. The molecule has 2 aromatic heterocycles. The van der Waals surface area contributed by atoms with E-state index < -0.39 is 0 Å². The van der Waals surface area contributed by atoms with Gasteiger partial charge in [-0.2, -0.15) is 0 Å². The van der Waals surface area contributed by atoms with Gasteiger partial charge in [0, 0.05) is 36.7 Å². The van der Waals surface area contributed by atoms with Gasteiger partial charge in [-0.25, -0.2) is 9.97 Å². The predicted molar refractivity (Wildman–Crippen MR) is 166 cm³/mol. The normalized spacial score (nSPS) is 11.6. The van der Waals surface area contributed by atoms with Gasteiger partial charge >= 0.3 is 0 Å². The summed E-state index contributed by atoms with van der Waals surface area (Å²) in [5.41, 5.74) is 7.74. The Bertz CT molecular complexity index is 2190. The zero-order valence-electron chi connectivity index (χ0n) is 21.0. The Kier molecular flexibility index (Phi) is 5.04. The topological polar surface area (TPSA) is 25.8 Å². The van der Waals surface area contributed by atoms with Crippen molar-refractivity contribution in [3.63, 3.8) is 0 Å². The Balaban J connectivity index is 1.29. The molecular formula is C36H22N2S. The third-order valence-corrected chi connectivity index (χ3v) is 8.80. The van der Waals surface area contributed by atoms with Crippen LogP contribution < -0.4 is 0 Å². The number of para-hydroxylation sites is 1. The summed E-state index contributed by atoms with van der Waals surface area (Å²) in [4.78, 5) is 9.55. The van der Waals surface area contributed by atoms with Gasteiger partial charge in [0.2, 0.25) is 0 Å². The summed E-state index contributed by atoms with van der Waals surface area (Å²) in [6.45, 7) is 0. The number of nitrogens with zero attached hydrogens (tertiary/aromatic N) is 2. The first-order valence-electron chi connectivity index (χ1n) is 13.1. The lowest BCUT2D eigenvalue weighted by molar-refractivity contribution is 1.22. The summed E-state index contributed by atoms with van der Waals surface area (Å²) in [5, 5.41) is 6.15. The van der Waals surface area contributed by atoms with Crippen LogP contribution in [0.25, 0.3) is 75.4 Å². The SMILES string of the molecule is c1cc(-c2ncnc3c(-c4ccc5ccccc5c4)cccc23)cc(-c2cccc3c2sc2ccccc23)c1. The molecule has 0 spiro atoms. The van der Waals surface area contributed by atoms with E-state index in [0.29, 0.717) is 0 Å². The zero-order valence-corrected chi connectivity index (χ0v) is 21.8. The first-order valence-corrected chi connectivity index (χ1v) is 13.9. The molecule has 0 unspecified atom stereocenters. The van der Waals surface area contributed by atoms with E-state index in [-0.39, 0.29) is 0 Å². The molecule has 0 aliphatic rings. The summed E-state index contributed by atoms with van der Waals surface area (Å²) in [5.74, 6) is 0. The van der Waals surface area contributed by atoms with Gasteiger partial charge < -0.3 is 0 Å². The fourth-order valence-corrected chi connectivity index (χ4v) is 6.95. The van der Waals surface area contributed by atoms with E-state index in [1.54, 1.807) is 6.33 Å². The van der Waals surface area contributed by atoms with Crippen molar-refractivity contribution in [1.29, 1.82) is 0 Å². The van der Waals surface area contributed by atoms with Gasteiger partial charge in [0.25, 0.3) is 0 Å². The van der Waals surface area contributed by atoms with E-state index in [2.05, 4.69) is 127 Å². The molecule has 2 nitrogen and oxygen atoms in total. The smallest absolute Gasteiger partial charge is 0.116 e. The molecule has 0 radical (unpaired) electrons. The third-order valence-electron chi connectivity index (χ3n) is 7.58. The molecule has 3 heteroatoms. The second kappa shape index (κ2) is 8.87. The Morgan fingerprint density at radius 1 is 0.462 bits per heavy atom. The van der Waals surface area contributed by atoms with Gasteiger partial charge in [-0.05, 0) is 45.7 Å². The minimum atomic E-state index is 0.952. The van der Waals surface area contributed by atoms with Crippen molar-refractivity contribution < 1.29 is 0 Å². The molecule has 182 valence electrons. The maximum atomic E-state index is 4.79. The molecule has 0 saturated heterocycles. The van der Waals surface area contributed by atoms with Crippen LogP contribution in [0.4, 0.5) is 0 Å². The molecule has 0 fully saturated rings. The molecule has 39 heavy (non-hydrogen) atoms. The molecule has 0 atom stereocenters. The van der Waals surface area contributed by atoms with Gasteiger partial charge in [-0.15, -0.1) is 11.3 Å². The quantitative estimate of drug-likeness (QED) is 0.234. The molecular weight excluding hydrogens is 492 g/mol. The Hall–Kier alpha value is -4.86. The molecule has 0 amide bonds. The Labute approximate surface area is 229 Å². The van der Waals surface area contributed by atoms with Crippen molar-refractivity contribution in [3.05, 3.63) is 134 Å². The lowest BCUT2D eigenvalue weighted by atomic mass is 9.96. The fourth-order valence-electron chi connectivity index (χ4n) is 5.72. The number of fused-ring (bicyclic) bond motifs is 5. The van der Waals surface area contributed by atoms with E-state index in [0.717, 1.165) is 33.3 Å². The van der Waals surface area contributed by atoms with Gasteiger partial charge in [-0.1, -0.05) is 109 Å². The van der Waals surface area contributed by atoms with Gasteiger partial charge in [0.05, 0.1) is 11.2 Å². The number of hydrogen-bond acceptors (Lipinski definition) is 3. The van der Waals surface area contributed by atoms with Crippen LogP contribution in [0.3, 0.4) is 0 Å². The molecule has 0 aliphatic carbocycles. The molecule has 2 heterocycles. The highest BCUT2D eigenvalue weighted by atomic mass is 32.1. The maximum Gasteiger partial charge on any atom is 0.116 e. The van der Waals surface area contributed by atoms with E-state index in [1.807, 2.05) is 11.3 Å². The van der Waals surface area contributed by atoms with Gasteiger partial charge in [-0.3, -0.25) is 0 Å². The van der Waals surface area contributed by atoms with Crippen LogP contribution in [-0.2, 0) is 0 Å². The minimum absolute atomic E-state index is 0.952. The molecule has 8 rings (SSSR count). The summed E-state index contributed by atoms with van der Waals surface area (Å²) >= 11 is 1.86. The van der Waals surface area contributed by atoms with Gasteiger partial charge in [0.15, 0.2) is 0 Å². The van der Waals surface area contributed by atoms with E-state index in [4.69, 9.17) is 9.97 Å². The van der Waals surface area contributed by atoms with Gasteiger partial charge in [0.1, 0.15) is 6.33 Å². The van der Waals surface area contributed by atoms with Crippen LogP contribution in [0.2, 0.25) is 0 Å². The number of rotatable bonds is 3. The number of hydrogen-bond donors (Lipinski definition) is 0. The molecule has 8 aromatic rings. The average molecular weight is 515 g/mol. The standard InChI is InChI=1S/C36H22N2S/c1-2-9-24-20-26(19-18-23(24)8-1)28-13-6-16-32-34(37-22-38-35(28)32)27-11-5-10-25(21-27)29-14-7-15-31-30-12-3-4-17-33(30)39-36(29)31/h1-22H. The summed E-state index contributed by atoms with van der Waals surface area (Å²) in [6, 6.07) is 45.5. The fraction of sp³-hybridized carbons (Fsp3) is 0. The van der Waals surface area contributed by atoms with Crippen molar-refractivity contribution in [3.8, 4) is 33.5 Å². The second-order valence-corrected chi connectivity index (χ2v) is 10.9. The highest BCUT2D eigenvalue weighted by Gasteiger charge is 2.14. The third kappa shape index (κ3) is 3.63. The predicted octanol–water partition coefficient (Wildman–Crippen LogP) is 10.2. The Morgan fingerprint density at radius 2 is 1.18 bits per heavy atom. The lowest BCUT2D eigenvalue weighted by Crippen LogP contribution is -1.92. The summed E-state index contributed by atoms with van der Waals surface area (Å²) < 4.78 is 2.64. The zero-order chi connectivity index (χ0) is 25.8. The second-order valence-electron chi connectivity index (χ2n) is 9.85. The molecule has 0 aliphatic heterocycles. The van der Waals surface area contributed by atoms with Crippen LogP contribution in [0.1, 0.15) is 0 Å².